The summed E-state index contributed by atoms with van der Waals surface area (Å²) in [5.41, 5.74) is 0.350. The third-order valence-corrected chi connectivity index (χ3v) is 4.96. The first-order valence-corrected chi connectivity index (χ1v) is 9.96. The number of ether oxygens (including phenoxy) is 1. The van der Waals surface area contributed by atoms with Gasteiger partial charge in [-0.2, -0.15) is 0 Å². The molecule has 1 aromatic carbocycles. The van der Waals surface area contributed by atoms with Crippen LogP contribution in [-0.2, 0) is 19.6 Å². The molecular formula is C17H26N2O5S. The van der Waals surface area contributed by atoms with Gasteiger partial charge in [-0.15, -0.1) is 0 Å². The van der Waals surface area contributed by atoms with Crippen molar-refractivity contribution < 1.29 is 22.7 Å². The van der Waals surface area contributed by atoms with Gasteiger partial charge < -0.3 is 9.64 Å². The first-order chi connectivity index (χ1) is 11.7. The number of rotatable bonds is 9. The van der Waals surface area contributed by atoms with Gasteiger partial charge >= 0.3 is 5.97 Å². The van der Waals surface area contributed by atoms with Crippen molar-refractivity contribution in [2.45, 2.75) is 26.2 Å². The number of carbonyl (C=O) groups is 2. The molecule has 0 fully saturated rings. The van der Waals surface area contributed by atoms with Crippen LogP contribution in [0, 0.1) is 0 Å². The zero-order valence-corrected chi connectivity index (χ0v) is 16.0. The summed E-state index contributed by atoms with van der Waals surface area (Å²) in [6.07, 6.45) is 2.94. The number of esters is 1. The SMILES string of the molecule is CCCCN(C)C(=O)CCN(c1ccccc1C(=O)OC)S(C)(=O)=O. The molecule has 1 amide bonds. The molecule has 0 radical (unpaired) electrons. The number of sulfonamides is 1. The van der Waals surface area contributed by atoms with E-state index in [9.17, 15) is 18.0 Å². The van der Waals surface area contributed by atoms with Crippen LogP contribution in [0.5, 0.6) is 0 Å². The van der Waals surface area contributed by atoms with Crippen molar-refractivity contribution in [2.75, 3.05) is 37.8 Å². The maximum absolute atomic E-state index is 12.2. The molecule has 0 atom stereocenters. The number of anilines is 1. The van der Waals surface area contributed by atoms with Gasteiger partial charge in [0.2, 0.25) is 15.9 Å². The Bertz CT molecular complexity index is 703. The highest BCUT2D eigenvalue weighted by molar-refractivity contribution is 7.92. The largest absolute Gasteiger partial charge is 0.465 e. The highest BCUT2D eigenvalue weighted by Gasteiger charge is 2.24. The molecule has 140 valence electrons. The fourth-order valence-electron chi connectivity index (χ4n) is 2.35. The lowest BCUT2D eigenvalue weighted by Gasteiger charge is -2.25. The van der Waals surface area contributed by atoms with Crippen LogP contribution in [0.3, 0.4) is 0 Å². The highest BCUT2D eigenvalue weighted by atomic mass is 32.2. The number of nitrogens with zero attached hydrogens (tertiary/aromatic N) is 2. The Morgan fingerprint density at radius 2 is 1.80 bits per heavy atom. The Labute approximate surface area is 149 Å². The van der Waals surface area contributed by atoms with Gasteiger partial charge in [0.05, 0.1) is 24.6 Å². The quantitative estimate of drug-likeness (QED) is 0.620. The molecule has 0 bridgehead atoms. The summed E-state index contributed by atoms with van der Waals surface area (Å²) >= 11 is 0. The third-order valence-electron chi connectivity index (χ3n) is 3.78. The first kappa shape index (κ1) is 21.0. The van der Waals surface area contributed by atoms with Gasteiger partial charge in [-0.25, -0.2) is 13.2 Å². The molecule has 8 heteroatoms. The van der Waals surface area contributed by atoms with Crippen LogP contribution >= 0.6 is 0 Å². The third kappa shape index (κ3) is 6.04. The summed E-state index contributed by atoms with van der Waals surface area (Å²) in [6.45, 7) is 2.63. The molecule has 25 heavy (non-hydrogen) atoms. The Hall–Kier alpha value is -2.09. The lowest BCUT2D eigenvalue weighted by Crippen LogP contribution is -2.36. The van der Waals surface area contributed by atoms with E-state index < -0.39 is 16.0 Å². The van der Waals surface area contributed by atoms with Gasteiger partial charge in [-0.3, -0.25) is 9.10 Å². The molecule has 0 aromatic heterocycles. The van der Waals surface area contributed by atoms with Crippen molar-refractivity contribution in [2.24, 2.45) is 0 Å². The molecule has 0 saturated heterocycles. The minimum absolute atomic E-state index is 0.0305. The average Bonchev–Trinajstić information content (AvgIpc) is 2.58. The van der Waals surface area contributed by atoms with Crippen molar-refractivity contribution in [3.63, 3.8) is 0 Å². The molecular weight excluding hydrogens is 344 g/mol. The van der Waals surface area contributed by atoms with Crippen molar-refractivity contribution >= 4 is 27.6 Å². The van der Waals surface area contributed by atoms with Crippen LogP contribution in [0.4, 0.5) is 5.69 Å². The van der Waals surface area contributed by atoms with E-state index in [-0.39, 0.29) is 30.1 Å². The van der Waals surface area contributed by atoms with Crippen LogP contribution in [0.1, 0.15) is 36.5 Å². The Balaban J connectivity index is 3.02. The number of para-hydroxylation sites is 1. The van der Waals surface area contributed by atoms with E-state index in [1.54, 1.807) is 24.1 Å². The van der Waals surface area contributed by atoms with Crippen molar-refractivity contribution in [1.29, 1.82) is 0 Å². The molecule has 0 unspecified atom stereocenters. The van der Waals surface area contributed by atoms with E-state index in [1.165, 1.54) is 19.2 Å². The fraction of sp³-hybridized carbons (Fsp3) is 0.529. The maximum atomic E-state index is 12.2. The van der Waals surface area contributed by atoms with Crippen LogP contribution < -0.4 is 4.31 Å². The maximum Gasteiger partial charge on any atom is 0.340 e. The van der Waals surface area contributed by atoms with Crippen LogP contribution in [0.15, 0.2) is 24.3 Å². The number of unbranched alkanes of at least 4 members (excludes halogenated alkanes) is 1. The predicted octanol–water partition coefficient (Wildman–Crippen LogP) is 1.89. The van der Waals surface area contributed by atoms with Crippen molar-refractivity contribution in [3.8, 4) is 0 Å². The normalized spacial score (nSPS) is 11.0. The molecule has 0 spiro atoms. The predicted molar refractivity (Wildman–Crippen MR) is 97.1 cm³/mol. The Kier molecular flexibility index (Phi) is 7.89. The molecule has 1 aromatic rings. The van der Waals surface area contributed by atoms with Crippen LogP contribution in [0.25, 0.3) is 0 Å². The number of amides is 1. The van der Waals surface area contributed by atoms with E-state index in [1.807, 2.05) is 6.92 Å². The molecule has 1 rings (SSSR count). The molecule has 7 nitrogen and oxygen atoms in total. The molecule has 0 aliphatic heterocycles. The number of carbonyl (C=O) groups excluding carboxylic acids is 2. The minimum atomic E-state index is -3.67. The summed E-state index contributed by atoms with van der Waals surface area (Å²) in [5.74, 6) is -0.770. The van der Waals surface area contributed by atoms with Gasteiger partial charge in [-0.1, -0.05) is 25.5 Å². The zero-order valence-electron chi connectivity index (χ0n) is 15.2. The lowest BCUT2D eigenvalue weighted by molar-refractivity contribution is -0.129. The summed E-state index contributed by atoms with van der Waals surface area (Å²) in [4.78, 5) is 25.7. The molecule has 0 heterocycles. The fourth-order valence-corrected chi connectivity index (χ4v) is 3.29. The van der Waals surface area contributed by atoms with Crippen LogP contribution in [-0.4, -0.2) is 58.7 Å². The van der Waals surface area contributed by atoms with E-state index in [2.05, 4.69) is 0 Å². The minimum Gasteiger partial charge on any atom is -0.465 e. The standard InChI is InChI=1S/C17H26N2O5S/c1-5-6-12-18(2)16(20)11-13-19(25(4,22)23)15-10-8-7-9-14(15)17(21)24-3/h7-10H,5-6,11-13H2,1-4H3. The number of hydrogen-bond donors (Lipinski definition) is 0. The van der Waals surface area contributed by atoms with E-state index in [0.29, 0.717) is 6.54 Å². The second kappa shape index (κ2) is 9.41. The second-order valence-electron chi connectivity index (χ2n) is 5.76. The molecule has 0 saturated carbocycles. The first-order valence-electron chi connectivity index (χ1n) is 8.11. The zero-order chi connectivity index (χ0) is 19.0. The van der Waals surface area contributed by atoms with E-state index in [0.717, 1.165) is 23.4 Å². The monoisotopic (exact) mass is 370 g/mol. The number of methoxy groups -OCH3 is 1. The van der Waals surface area contributed by atoms with Gasteiger partial charge in [-0.05, 0) is 18.6 Å². The van der Waals surface area contributed by atoms with Crippen molar-refractivity contribution in [3.05, 3.63) is 29.8 Å². The Morgan fingerprint density at radius 1 is 1.16 bits per heavy atom. The topological polar surface area (TPSA) is 84.0 Å². The van der Waals surface area contributed by atoms with Crippen LogP contribution in [0.2, 0.25) is 0 Å². The van der Waals surface area contributed by atoms with Crippen molar-refractivity contribution in [1.82, 2.24) is 4.90 Å². The van der Waals surface area contributed by atoms with Gasteiger partial charge in [0.1, 0.15) is 0 Å². The lowest BCUT2D eigenvalue weighted by atomic mass is 10.1. The molecule has 0 aliphatic rings. The smallest absolute Gasteiger partial charge is 0.340 e. The van der Waals surface area contributed by atoms with E-state index in [4.69, 9.17) is 4.74 Å². The summed E-state index contributed by atoms with van der Waals surface area (Å²) < 4.78 is 30.2. The number of hydrogen-bond acceptors (Lipinski definition) is 5. The van der Waals surface area contributed by atoms with E-state index >= 15 is 0 Å². The summed E-state index contributed by atoms with van der Waals surface area (Å²) in [5, 5.41) is 0. The summed E-state index contributed by atoms with van der Waals surface area (Å²) in [6, 6.07) is 6.28. The van der Waals surface area contributed by atoms with Gasteiger partial charge in [0.15, 0.2) is 0 Å². The number of benzene rings is 1. The Morgan fingerprint density at radius 3 is 2.36 bits per heavy atom. The summed E-state index contributed by atoms with van der Waals surface area (Å²) in [7, 11) is -0.734. The van der Waals surface area contributed by atoms with Gasteiger partial charge in [0.25, 0.3) is 0 Å². The molecule has 0 aliphatic carbocycles. The second-order valence-corrected chi connectivity index (χ2v) is 7.67. The molecule has 0 N–H and O–H groups in total. The average molecular weight is 370 g/mol. The highest BCUT2D eigenvalue weighted by Crippen LogP contribution is 2.24. The van der Waals surface area contributed by atoms with Gasteiger partial charge in [0, 0.05) is 26.6 Å².